The second-order valence-electron chi connectivity index (χ2n) is 5.36. The van der Waals surface area contributed by atoms with Crippen LogP contribution in [0.4, 0.5) is 13.6 Å². The number of benzene rings is 1. The Kier molecular flexibility index (Phi) is 5.12. The lowest BCUT2D eigenvalue weighted by Crippen LogP contribution is -2.46. The summed E-state index contributed by atoms with van der Waals surface area (Å²) < 4.78 is 25.5. The summed E-state index contributed by atoms with van der Waals surface area (Å²) in [5.74, 6) is -0.332. The van der Waals surface area contributed by atoms with E-state index in [1.54, 1.807) is 13.0 Å². The van der Waals surface area contributed by atoms with Gasteiger partial charge in [0.25, 0.3) is 0 Å². The smallest absolute Gasteiger partial charge is 0.407 e. The van der Waals surface area contributed by atoms with Gasteiger partial charge in [-0.2, -0.15) is 0 Å². The summed E-state index contributed by atoms with van der Waals surface area (Å²) in [6.07, 6.45) is 0.245. The fraction of sp³-hybridized carbons (Fsp3) is 0.533. The van der Waals surface area contributed by atoms with E-state index >= 15 is 0 Å². The van der Waals surface area contributed by atoms with Gasteiger partial charge in [-0.25, -0.2) is 13.6 Å². The third kappa shape index (κ3) is 3.69. The normalized spacial score (nSPS) is 22.3. The molecule has 6 heteroatoms. The molecule has 2 atom stereocenters. The maximum Gasteiger partial charge on any atom is 0.407 e. The van der Waals surface area contributed by atoms with Crippen molar-refractivity contribution in [3.8, 4) is 0 Å². The minimum absolute atomic E-state index is 0.0748. The lowest BCUT2D eigenvalue weighted by atomic mass is 9.89. The van der Waals surface area contributed by atoms with E-state index in [9.17, 15) is 18.7 Å². The molecule has 0 saturated carbocycles. The van der Waals surface area contributed by atoms with E-state index in [0.717, 1.165) is 11.1 Å². The van der Waals surface area contributed by atoms with Crippen molar-refractivity contribution in [2.24, 2.45) is 0 Å². The number of nitrogens with zero attached hydrogens (tertiary/aromatic N) is 1. The summed E-state index contributed by atoms with van der Waals surface area (Å²) >= 11 is 0. The Labute approximate surface area is 122 Å². The minimum atomic E-state index is -0.979. The number of aryl methyl sites for hydroxylation is 1. The average Bonchev–Trinajstić information content (AvgIpc) is 2.44. The maximum absolute atomic E-state index is 13.2. The largest absolute Gasteiger partial charge is 0.465 e. The highest BCUT2D eigenvalue weighted by Crippen LogP contribution is 2.33. The molecule has 1 fully saturated rings. The first kappa shape index (κ1) is 15.7. The molecular weight excluding hydrogens is 278 g/mol. The van der Waals surface area contributed by atoms with E-state index in [2.05, 4.69) is 5.32 Å². The van der Waals surface area contributed by atoms with Crippen LogP contribution in [-0.2, 0) is 0 Å². The first-order valence-electron chi connectivity index (χ1n) is 7.08. The molecule has 2 rings (SSSR count). The Balaban J connectivity index is 2.23. The number of carbonyl (C=O) groups is 1. The molecule has 21 heavy (non-hydrogen) atoms. The van der Waals surface area contributed by atoms with Crippen molar-refractivity contribution < 1.29 is 18.7 Å². The molecule has 0 radical (unpaired) electrons. The molecule has 0 spiro atoms. The van der Waals surface area contributed by atoms with Gasteiger partial charge in [-0.05, 0) is 43.0 Å². The summed E-state index contributed by atoms with van der Waals surface area (Å²) in [5, 5.41) is 12.4. The van der Waals surface area contributed by atoms with E-state index in [-0.39, 0.29) is 24.4 Å². The summed E-state index contributed by atoms with van der Waals surface area (Å²) in [4.78, 5) is 12.8. The summed E-state index contributed by atoms with van der Waals surface area (Å²) in [6.45, 7) is 1.99. The summed E-state index contributed by atoms with van der Waals surface area (Å²) in [6, 6.07) is 4.15. The number of likely N-dealkylation sites (tertiary alicyclic amines) is 1. The molecule has 0 unspecified atom stereocenters. The van der Waals surface area contributed by atoms with Crippen molar-refractivity contribution >= 4 is 6.09 Å². The molecule has 2 N–H and O–H groups in total. The fourth-order valence-electron chi connectivity index (χ4n) is 2.95. The Morgan fingerprint density at radius 2 is 2.29 bits per heavy atom. The number of halogens is 2. The van der Waals surface area contributed by atoms with Gasteiger partial charge >= 0.3 is 6.09 Å². The van der Waals surface area contributed by atoms with Gasteiger partial charge in [-0.3, -0.25) is 0 Å². The van der Waals surface area contributed by atoms with Gasteiger partial charge in [0.2, 0.25) is 0 Å². The summed E-state index contributed by atoms with van der Waals surface area (Å²) in [7, 11) is 0. The minimum Gasteiger partial charge on any atom is -0.465 e. The molecule has 1 aromatic carbocycles. The highest BCUT2D eigenvalue weighted by molar-refractivity contribution is 5.66. The number of alkyl halides is 1. The predicted molar refractivity (Wildman–Crippen MR) is 75.6 cm³/mol. The number of amides is 1. The van der Waals surface area contributed by atoms with Crippen LogP contribution < -0.4 is 5.32 Å². The van der Waals surface area contributed by atoms with Gasteiger partial charge in [0.05, 0.1) is 6.04 Å². The quantitative estimate of drug-likeness (QED) is 0.898. The zero-order valence-corrected chi connectivity index (χ0v) is 12.0. The third-order valence-corrected chi connectivity index (χ3v) is 3.97. The molecule has 1 aliphatic rings. The molecule has 1 heterocycles. The van der Waals surface area contributed by atoms with Crippen LogP contribution in [0, 0.1) is 12.7 Å². The average molecular weight is 298 g/mol. The molecule has 1 aromatic rings. The fourth-order valence-corrected chi connectivity index (χ4v) is 2.95. The molecule has 0 aliphatic carbocycles. The van der Waals surface area contributed by atoms with Gasteiger partial charge in [0.1, 0.15) is 12.5 Å². The van der Waals surface area contributed by atoms with Crippen molar-refractivity contribution in [1.82, 2.24) is 10.2 Å². The zero-order valence-electron chi connectivity index (χ0n) is 12.0. The maximum atomic E-state index is 13.2. The second kappa shape index (κ2) is 6.85. The predicted octanol–water partition coefficient (Wildman–Crippen LogP) is 2.88. The van der Waals surface area contributed by atoms with Gasteiger partial charge in [0.15, 0.2) is 0 Å². The van der Waals surface area contributed by atoms with Gasteiger partial charge in [-0.1, -0.05) is 6.07 Å². The molecule has 1 saturated heterocycles. The van der Waals surface area contributed by atoms with Crippen molar-refractivity contribution in [2.75, 3.05) is 19.8 Å². The highest BCUT2D eigenvalue weighted by atomic mass is 19.1. The van der Waals surface area contributed by atoms with E-state index < -0.39 is 12.8 Å². The molecule has 1 amide bonds. The Bertz CT molecular complexity index is 510. The van der Waals surface area contributed by atoms with Crippen LogP contribution in [0.5, 0.6) is 0 Å². The number of nitrogens with one attached hydrogen (secondary N) is 1. The first-order chi connectivity index (χ1) is 10.0. The first-order valence-corrected chi connectivity index (χ1v) is 7.08. The lowest BCUT2D eigenvalue weighted by Gasteiger charge is -2.39. The van der Waals surface area contributed by atoms with Crippen LogP contribution in [0.15, 0.2) is 18.2 Å². The number of piperidine rings is 1. The van der Waals surface area contributed by atoms with Crippen LogP contribution >= 0.6 is 0 Å². The zero-order chi connectivity index (χ0) is 15.4. The van der Waals surface area contributed by atoms with E-state index in [1.165, 1.54) is 17.0 Å². The van der Waals surface area contributed by atoms with Crippen molar-refractivity contribution in [3.05, 3.63) is 35.1 Å². The van der Waals surface area contributed by atoms with Crippen molar-refractivity contribution in [3.63, 3.8) is 0 Å². The van der Waals surface area contributed by atoms with E-state index in [1.807, 2.05) is 0 Å². The molecule has 0 bridgehead atoms. The van der Waals surface area contributed by atoms with Crippen molar-refractivity contribution in [1.29, 1.82) is 0 Å². The summed E-state index contributed by atoms with van der Waals surface area (Å²) in [5.41, 5.74) is 1.54. The number of carboxylic acid groups (broad SMARTS) is 1. The SMILES string of the molecule is Cc1cc(F)ccc1[C@H]1C[C@@H](NCCF)CCN1C(=O)O. The Morgan fingerprint density at radius 3 is 2.90 bits per heavy atom. The Hall–Kier alpha value is -1.69. The topological polar surface area (TPSA) is 52.6 Å². The molecule has 4 nitrogen and oxygen atoms in total. The molecule has 1 aliphatic heterocycles. The molecular formula is C15H20F2N2O2. The van der Waals surface area contributed by atoms with E-state index in [0.29, 0.717) is 19.4 Å². The number of rotatable bonds is 4. The number of hydrogen-bond acceptors (Lipinski definition) is 2. The van der Waals surface area contributed by atoms with Crippen LogP contribution in [0.25, 0.3) is 0 Å². The van der Waals surface area contributed by atoms with Crippen LogP contribution in [0.2, 0.25) is 0 Å². The van der Waals surface area contributed by atoms with Crippen LogP contribution in [0.1, 0.15) is 30.0 Å². The van der Waals surface area contributed by atoms with Gasteiger partial charge < -0.3 is 15.3 Å². The Morgan fingerprint density at radius 1 is 1.52 bits per heavy atom. The molecule has 0 aromatic heterocycles. The second-order valence-corrected chi connectivity index (χ2v) is 5.36. The van der Waals surface area contributed by atoms with Gasteiger partial charge in [-0.15, -0.1) is 0 Å². The lowest BCUT2D eigenvalue weighted by molar-refractivity contribution is 0.0958. The standard InChI is InChI=1S/C15H20F2N2O2/c1-10-8-11(17)2-3-13(10)14-9-12(18-6-5-16)4-7-19(14)15(20)21/h2-3,8,12,14,18H,4-7,9H2,1H3,(H,20,21)/t12-,14+/m0/s1. The van der Waals surface area contributed by atoms with Crippen molar-refractivity contribution in [2.45, 2.75) is 31.8 Å². The van der Waals surface area contributed by atoms with Crippen LogP contribution in [0.3, 0.4) is 0 Å². The monoisotopic (exact) mass is 298 g/mol. The third-order valence-electron chi connectivity index (χ3n) is 3.97. The van der Waals surface area contributed by atoms with E-state index in [4.69, 9.17) is 0 Å². The highest BCUT2D eigenvalue weighted by Gasteiger charge is 2.33. The number of hydrogen-bond donors (Lipinski definition) is 2. The molecule has 116 valence electrons. The van der Waals surface area contributed by atoms with Gasteiger partial charge in [0, 0.05) is 19.1 Å². The van der Waals surface area contributed by atoms with Crippen LogP contribution in [-0.4, -0.2) is 41.9 Å².